The molecule has 0 unspecified atom stereocenters. The van der Waals surface area contributed by atoms with Crippen LogP contribution in [-0.2, 0) is 20.0 Å². The number of terminal acetylenes is 1. The molecule has 1 N–H and O–H groups in total. The minimum absolute atomic E-state index is 0.0290. The van der Waals surface area contributed by atoms with E-state index < -0.39 is 21.3 Å². The number of anilines is 1. The molecule has 2 saturated heterocycles. The van der Waals surface area contributed by atoms with E-state index in [4.69, 9.17) is 11.2 Å². The summed E-state index contributed by atoms with van der Waals surface area (Å²) in [6, 6.07) is 15.6. The summed E-state index contributed by atoms with van der Waals surface area (Å²) in [5, 5.41) is 15.6. The van der Waals surface area contributed by atoms with Crippen LogP contribution in [0.5, 0.6) is 0 Å². The van der Waals surface area contributed by atoms with Crippen LogP contribution in [0.25, 0.3) is 0 Å². The zero-order chi connectivity index (χ0) is 29.9. The highest BCUT2D eigenvalue weighted by Gasteiger charge is 2.52. The van der Waals surface area contributed by atoms with Crippen molar-refractivity contribution in [2.24, 2.45) is 17.8 Å². The summed E-state index contributed by atoms with van der Waals surface area (Å²) in [7, 11) is -2.33. The van der Waals surface area contributed by atoms with E-state index >= 15 is 0 Å². The Bertz CT molecular complexity index is 1470. The topological polar surface area (TPSA) is 103 Å². The largest absolute Gasteiger partial charge is 0.453 e. The quantitative estimate of drug-likeness (QED) is 0.360. The van der Waals surface area contributed by atoms with Gasteiger partial charge < -0.3 is 19.9 Å². The number of nitrogens with zero attached hydrogens (tertiary/aromatic N) is 3. The molecular formula is C32H37FN4O4S. The summed E-state index contributed by atoms with van der Waals surface area (Å²) in [6.07, 6.45) is 8.67. The number of rotatable bonds is 8. The number of halogens is 1. The van der Waals surface area contributed by atoms with Crippen LogP contribution in [0.4, 0.5) is 14.9 Å². The maximum absolute atomic E-state index is 14.5. The predicted octanol–water partition coefficient (Wildman–Crippen LogP) is 4.32. The highest BCUT2D eigenvalue weighted by Crippen LogP contribution is 2.50. The van der Waals surface area contributed by atoms with Gasteiger partial charge in [-0.05, 0) is 86.7 Å². The number of carbonyl (C=O) groups excluding carboxylic acids is 1. The van der Waals surface area contributed by atoms with Crippen molar-refractivity contribution in [3.05, 3.63) is 59.9 Å². The highest BCUT2D eigenvalue weighted by molar-refractivity contribution is 7.96. The van der Waals surface area contributed by atoms with Gasteiger partial charge in [-0.25, -0.2) is 17.6 Å². The van der Waals surface area contributed by atoms with Crippen molar-refractivity contribution in [2.45, 2.75) is 48.5 Å². The number of amides is 1. The molecule has 0 radical (unpaired) electrons. The highest BCUT2D eigenvalue weighted by atomic mass is 32.2. The molecule has 1 amide bonds. The molecule has 42 heavy (non-hydrogen) atoms. The summed E-state index contributed by atoms with van der Waals surface area (Å²) in [5.74, 6) is 0.0217. The van der Waals surface area contributed by atoms with E-state index in [2.05, 4.69) is 21.2 Å². The molecule has 3 aliphatic rings. The first-order valence-electron chi connectivity index (χ1n) is 14.5. The first-order chi connectivity index (χ1) is 20.2. The fraction of sp³-hybridized carbons (Fsp3) is 0.500. The Morgan fingerprint density at radius 3 is 2.48 bits per heavy atom. The number of nitrogens with one attached hydrogen (secondary N) is 1. The van der Waals surface area contributed by atoms with Gasteiger partial charge in [0.25, 0.3) is 0 Å². The SMILES string of the molecule is C#CS(=O)(=O)c1ccc(N2CC(CN3CCC([C@@](C#N)(c4cccc(F)c4)[C@H]4CCC[C@@H]4NC(=O)OC)CC3)C2)cc1. The zero-order valence-electron chi connectivity index (χ0n) is 23.8. The van der Waals surface area contributed by atoms with Gasteiger partial charge in [-0.3, -0.25) is 0 Å². The van der Waals surface area contributed by atoms with Crippen LogP contribution in [0, 0.1) is 46.6 Å². The number of nitriles is 1. The van der Waals surface area contributed by atoms with E-state index in [1.54, 1.807) is 30.3 Å². The lowest BCUT2D eigenvalue weighted by Gasteiger charge is -2.48. The van der Waals surface area contributed by atoms with Crippen LogP contribution >= 0.6 is 0 Å². The number of ether oxygens (including phenoxy) is 1. The number of hydrogen-bond donors (Lipinski definition) is 1. The zero-order valence-corrected chi connectivity index (χ0v) is 24.7. The number of carbonyl (C=O) groups is 1. The number of hydrogen-bond acceptors (Lipinski definition) is 7. The summed E-state index contributed by atoms with van der Waals surface area (Å²) in [5.41, 5.74) is 0.757. The fourth-order valence-corrected chi connectivity index (χ4v) is 7.99. The summed E-state index contributed by atoms with van der Waals surface area (Å²) in [6.45, 7) is 4.41. The van der Waals surface area contributed by atoms with Gasteiger partial charge in [0.1, 0.15) is 5.82 Å². The summed E-state index contributed by atoms with van der Waals surface area (Å²) < 4.78 is 43.1. The lowest BCUT2D eigenvalue weighted by Crippen LogP contribution is -2.55. The molecule has 5 rings (SSSR count). The lowest BCUT2D eigenvalue weighted by molar-refractivity contribution is 0.0938. The third kappa shape index (κ3) is 5.84. The Hall–Kier alpha value is -3.60. The van der Waals surface area contributed by atoms with E-state index in [-0.39, 0.29) is 28.6 Å². The van der Waals surface area contributed by atoms with E-state index in [1.165, 1.54) is 19.2 Å². The molecule has 2 aliphatic heterocycles. The van der Waals surface area contributed by atoms with Crippen molar-refractivity contribution < 1.29 is 22.3 Å². The lowest BCUT2D eigenvalue weighted by atomic mass is 9.59. The van der Waals surface area contributed by atoms with Crippen molar-refractivity contribution in [1.82, 2.24) is 10.2 Å². The Kier molecular flexibility index (Phi) is 8.77. The maximum Gasteiger partial charge on any atom is 0.407 e. The minimum atomic E-state index is -3.67. The van der Waals surface area contributed by atoms with Crippen LogP contribution in [0.1, 0.15) is 37.7 Å². The molecule has 0 aromatic heterocycles. The third-order valence-corrected chi connectivity index (χ3v) is 10.7. The molecule has 3 atom stereocenters. The predicted molar refractivity (Wildman–Crippen MR) is 158 cm³/mol. The van der Waals surface area contributed by atoms with Crippen molar-refractivity contribution in [2.75, 3.05) is 44.7 Å². The molecule has 222 valence electrons. The van der Waals surface area contributed by atoms with Crippen molar-refractivity contribution in [3.63, 3.8) is 0 Å². The maximum atomic E-state index is 14.5. The van der Waals surface area contributed by atoms with Gasteiger partial charge in [-0.1, -0.05) is 18.6 Å². The van der Waals surface area contributed by atoms with Gasteiger partial charge in [-0.15, -0.1) is 6.42 Å². The Balaban J connectivity index is 1.24. The molecule has 2 aromatic rings. The minimum Gasteiger partial charge on any atom is -0.453 e. The van der Waals surface area contributed by atoms with Gasteiger partial charge in [0.05, 0.1) is 23.5 Å². The Labute approximate surface area is 247 Å². The van der Waals surface area contributed by atoms with Crippen LogP contribution in [-0.4, -0.2) is 65.3 Å². The molecule has 1 aliphatic carbocycles. The second kappa shape index (κ2) is 12.3. The Morgan fingerprint density at radius 1 is 1.14 bits per heavy atom. The molecule has 2 aromatic carbocycles. The van der Waals surface area contributed by atoms with E-state index in [0.29, 0.717) is 11.5 Å². The molecule has 10 heteroatoms. The van der Waals surface area contributed by atoms with Crippen molar-refractivity contribution >= 4 is 21.6 Å². The second-order valence-corrected chi connectivity index (χ2v) is 13.4. The van der Waals surface area contributed by atoms with Crippen LogP contribution < -0.4 is 10.2 Å². The molecular weight excluding hydrogens is 555 g/mol. The number of alkyl carbamates (subject to hydrolysis) is 1. The monoisotopic (exact) mass is 592 g/mol. The molecule has 8 nitrogen and oxygen atoms in total. The average molecular weight is 593 g/mol. The number of methoxy groups -OCH3 is 1. The molecule has 2 heterocycles. The van der Waals surface area contributed by atoms with E-state index in [0.717, 1.165) is 70.5 Å². The van der Waals surface area contributed by atoms with Gasteiger partial charge in [0.15, 0.2) is 0 Å². The first-order valence-corrected chi connectivity index (χ1v) is 16.0. The third-order valence-electron chi connectivity index (χ3n) is 9.45. The van der Waals surface area contributed by atoms with Crippen molar-refractivity contribution in [3.8, 4) is 17.7 Å². The van der Waals surface area contributed by atoms with E-state index in [1.807, 2.05) is 11.3 Å². The smallest absolute Gasteiger partial charge is 0.407 e. The number of piperidine rings is 1. The Morgan fingerprint density at radius 2 is 1.86 bits per heavy atom. The van der Waals surface area contributed by atoms with Gasteiger partial charge in [0, 0.05) is 48.5 Å². The van der Waals surface area contributed by atoms with Gasteiger partial charge in [-0.2, -0.15) is 5.26 Å². The first kappa shape index (κ1) is 29.9. The van der Waals surface area contributed by atoms with Gasteiger partial charge >= 0.3 is 6.09 Å². The van der Waals surface area contributed by atoms with Gasteiger partial charge in [0.2, 0.25) is 9.84 Å². The van der Waals surface area contributed by atoms with Crippen LogP contribution in [0.3, 0.4) is 0 Å². The van der Waals surface area contributed by atoms with E-state index in [9.17, 15) is 22.9 Å². The number of benzene rings is 2. The number of likely N-dealkylation sites (tertiary alicyclic amines) is 1. The van der Waals surface area contributed by atoms with Crippen molar-refractivity contribution in [1.29, 1.82) is 5.26 Å². The molecule has 0 bridgehead atoms. The van der Waals surface area contributed by atoms with Crippen LogP contribution in [0.2, 0.25) is 0 Å². The number of sulfone groups is 1. The summed E-state index contributed by atoms with van der Waals surface area (Å²) in [4.78, 5) is 16.9. The molecule has 3 fully saturated rings. The second-order valence-electron chi connectivity index (χ2n) is 11.7. The molecule has 0 spiro atoms. The summed E-state index contributed by atoms with van der Waals surface area (Å²) >= 11 is 0. The molecule has 1 saturated carbocycles. The fourth-order valence-electron chi connectivity index (χ4n) is 7.36. The van der Waals surface area contributed by atoms with Crippen LogP contribution in [0.15, 0.2) is 53.4 Å². The average Bonchev–Trinajstić information content (AvgIpc) is 3.44. The normalized spacial score (nSPS) is 23.3. The standard InChI is InChI=1S/C32H37FN4O4S/c1-3-42(39,40)28-12-10-27(11-13-28)37-20-23(21-37)19-36-16-14-24(15-17-36)32(22-34,25-6-4-7-26(33)18-25)29-8-5-9-30(29)35-31(38)41-2/h1,4,6-7,10-13,18,23-24,29-30H,5,8-9,14-17,19-21H2,2H3,(H,35,38)/t29-,30-,32-/m0/s1.